The van der Waals surface area contributed by atoms with Crippen LogP contribution < -0.4 is 5.32 Å². The van der Waals surface area contributed by atoms with Gasteiger partial charge < -0.3 is 5.32 Å². The lowest BCUT2D eigenvalue weighted by Gasteiger charge is -1.96. The van der Waals surface area contributed by atoms with Gasteiger partial charge in [0.25, 0.3) is 5.91 Å². The van der Waals surface area contributed by atoms with Crippen LogP contribution in [0.15, 0.2) is 11.7 Å². The van der Waals surface area contributed by atoms with Gasteiger partial charge in [-0.15, -0.1) is 16.4 Å². The molecule has 0 saturated heterocycles. The number of nitrogens with one attached hydrogen (secondary N) is 1. The lowest BCUT2D eigenvalue weighted by Crippen LogP contribution is -2.20. The Bertz CT molecular complexity index is 452. The van der Waals surface area contributed by atoms with Crippen molar-refractivity contribution in [1.82, 2.24) is 20.5 Å². The number of hydrogen-bond donors (Lipinski definition) is 1. The normalized spacial score (nSPS) is 10.2. The number of rotatable bonds is 1. The summed E-state index contributed by atoms with van der Waals surface area (Å²) in [5, 5.41) is 9.93. The van der Waals surface area contributed by atoms with Crippen molar-refractivity contribution in [3.63, 3.8) is 0 Å². The van der Waals surface area contributed by atoms with Crippen molar-refractivity contribution in [1.29, 1.82) is 0 Å². The molecule has 0 aliphatic heterocycles. The van der Waals surface area contributed by atoms with Crippen molar-refractivity contribution in [2.24, 2.45) is 0 Å². The molecule has 0 aliphatic rings. The van der Waals surface area contributed by atoms with Gasteiger partial charge in [-0.1, -0.05) is 0 Å². The van der Waals surface area contributed by atoms with E-state index in [0.717, 1.165) is 4.70 Å². The van der Waals surface area contributed by atoms with Gasteiger partial charge in [-0.25, -0.2) is 4.98 Å². The summed E-state index contributed by atoms with van der Waals surface area (Å²) in [6.45, 7) is 0. The fourth-order valence-electron chi connectivity index (χ4n) is 0.982. The van der Waals surface area contributed by atoms with E-state index < -0.39 is 0 Å². The SMILES string of the molecule is CNC(=O)c1nncc2scnc12. The van der Waals surface area contributed by atoms with Crippen LogP contribution in [0.1, 0.15) is 10.5 Å². The second kappa shape index (κ2) is 3.06. The molecule has 0 aromatic carbocycles. The fourth-order valence-corrected chi connectivity index (χ4v) is 1.62. The van der Waals surface area contributed by atoms with Crippen LogP contribution >= 0.6 is 11.3 Å². The van der Waals surface area contributed by atoms with E-state index in [0.29, 0.717) is 5.52 Å². The highest BCUT2D eigenvalue weighted by molar-refractivity contribution is 7.16. The first-order valence-corrected chi connectivity index (χ1v) is 4.48. The highest BCUT2D eigenvalue weighted by atomic mass is 32.1. The number of aromatic nitrogens is 3. The Labute approximate surface area is 77.8 Å². The minimum atomic E-state index is -0.260. The third kappa shape index (κ3) is 1.25. The van der Waals surface area contributed by atoms with Gasteiger partial charge in [0.05, 0.1) is 16.4 Å². The van der Waals surface area contributed by atoms with Gasteiger partial charge in [0.2, 0.25) is 0 Å². The third-order valence-corrected chi connectivity index (χ3v) is 2.36. The number of fused-ring (bicyclic) bond motifs is 1. The molecule has 0 fully saturated rings. The van der Waals surface area contributed by atoms with Crippen LogP contribution in [0.5, 0.6) is 0 Å². The van der Waals surface area contributed by atoms with Crippen LogP contribution in [0.25, 0.3) is 10.2 Å². The molecule has 0 aliphatic carbocycles. The molecule has 2 rings (SSSR count). The lowest BCUT2D eigenvalue weighted by molar-refractivity contribution is 0.0959. The summed E-state index contributed by atoms with van der Waals surface area (Å²) < 4.78 is 0.869. The summed E-state index contributed by atoms with van der Waals surface area (Å²) >= 11 is 1.44. The van der Waals surface area contributed by atoms with E-state index in [4.69, 9.17) is 0 Å². The van der Waals surface area contributed by atoms with Gasteiger partial charge in [-0.2, -0.15) is 5.10 Å². The summed E-state index contributed by atoms with van der Waals surface area (Å²) in [5.74, 6) is -0.260. The van der Waals surface area contributed by atoms with Gasteiger partial charge in [0, 0.05) is 7.05 Å². The molecule has 0 spiro atoms. The van der Waals surface area contributed by atoms with Gasteiger partial charge in [-0.05, 0) is 0 Å². The predicted octanol–water partition coefficient (Wildman–Crippen LogP) is 0.446. The van der Waals surface area contributed by atoms with E-state index >= 15 is 0 Å². The Morgan fingerprint density at radius 3 is 3.23 bits per heavy atom. The van der Waals surface area contributed by atoms with Gasteiger partial charge in [0.1, 0.15) is 5.52 Å². The molecule has 1 amide bonds. The molecule has 0 unspecified atom stereocenters. The summed E-state index contributed by atoms with van der Waals surface area (Å²) in [5.41, 5.74) is 2.56. The van der Waals surface area contributed by atoms with E-state index in [1.54, 1.807) is 18.8 Å². The third-order valence-electron chi connectivity index (χ3n) is 1.59. The average molecular weight is 194 g/mol. The fraction of sp³-hybridized carbons (Fsp3) is 0.143. The number of carbonyl (C=O) groups is 1. The number of thiazole rings is 1. The van der Waals surface area contributed by atoms with Crippen molar-refractivity contribution in [2.75, 3.05) is 7.05 Å². The van der Waals surface area contributed by atoms with Crippen LogP contribution in [0.4, 0.5) is 0 Å². The molecular formula is C7H6N4OS. The maximum Gasteiger partial charge on any atom is 0.273 e. The van der Waals surface area contributed by atoms with Crippen LogP contribution in [-0.4, -0.2) is 28.1 Å². The molecule has 6 heteroatoms. The zero-order valence-corrected chi connectivity index (χ0v) is 7.63. The van der Waals surface area contributed by atoms with E-state index in [2.05, 4.69) is 20.5 Å². The van der Waals surface area contributed by atoms with Crippen molar-refractivity contribution in [3.8, 4) is 0 Å². The van der Waals surface area contributed by atoms with Crippen molar-refractivity contribution < 1.29 is 4.79 Å². The Morgan fingerprint density at radius 2 is 2.46 bits per heavy atom. The Balaban J connectivity index is 2.67. The first kappa shape index (κ1) is 8.06. The molecule has 0 atom stereocenters. The Morgan fingerprint density at radius 1 is 1.62 bits per heavy atom. The summed E-state index contributed by atoms with van der Waals surface area (Å²) in [4.78, 5) is 15.3. The summed E-state index contributed by atoms with van der Waals surface area (Å²) in [7, 11) is 1.55. The summed E-state index contributed by atoms with van der Waals surface area (Å²) in [6.07, 6.45) is 1.60. The smallest absolute Gasteiger partial charge is 0.273 e. The van der Waals surface area contributed by atoms with Crippen LogP contribution in [-0.2, 0) is 0 Å². The molecule has 66 valence electrons. The van der Waals surface area contributed by atoms with Crippen LogP contribution in [0, 0.1) is 0 Å². The number of nitrogens with zero attached hydrogens (tertiary/aromatic N) is 3. The highest BCUT2D eigenvalue weighted by Gasteiger charge is 2.12. The lowest BCUT2D eigenvalue weighted by atomic mass is 10.3. The van der Waals surface area contributed by atoms with Crippen molar-refractivity contribution in [3.05, 3.63) is 17.4 Å². The first-order valence-electron chi connectivity index (χ1n) is 3.60. The topological polar surface area (TPSA) is 67.8 Å². The van der Waals surface area contributed by atoms with E-state index in [1.807, 2.05) is 0 Å². The predicted molar refractivity (Wildman–Crippen MR) is 48.6 cm³/mol. The molecule has 2 aromatic heterocycles. The summed E-state index contributed by atoms with van der Waals surface area (Å²) in [6, 6.07) is 0. The maximum atomic E-state index is 11.3. The second-order valence-corrected chi connectivity index (χ2v) is 3.22. The van der Waals surface area contributed by atoms with Gasteiger partial charge in [-0.3, -0.25) is 4.79 Å². The molecule has 13 heavy (non-hydrogen) atoms. The monoisotopic (exact) mass is 194 g/mol. The standard InChI is InChI=1S/C7H6N4OS/c1-8-7(12)6-5-4(2-10-11-6)13-3-9-5/h2-3H,1H3,(H,8,12). The number of carbonyl (C=O) groups excluding carboxylic acids is 1. The van der Waals surface area contributed by atoms with Crippen molar-refractivity contribution in [2.45, 2.75) is 0 Å². The Hall–Kier alpha value is -1.56. The zero-order valence-electron chi connectivity index (χ0n) is 6.81. The molecular weight excluding hydrogens is 188 g/mol. The molecule has 2 heterocycles. The molecule has 1 N–H and O–H groups in total. The first-order chi connectivity index (χ1) is 6.33. The van der Waals surface area contributed by atoms with Gasteiger partial charge >= 0.3 is 0 Å². The largest absolute Gasteiger partial charge is 0.354 e. The molecule has 0 radical (unpaired) electrons. The molecule has 5 nitrogen and oxygen atoms in total. The van der Waals surface area contributed by atoms with Crippen LogP contribution in [0.3, 0.4) is 0 Å². The number of hydrogen-bond acceptors (Lipinski definition) is 5. The molecule has 0 bridgehead atoms. The highest BCUT2D eigenvalue weighted by Crippen LogP contribution is 2.17. The second-order valence-electron chi connectivity index (χ2n) is 2.34. The quantitative estimate of drug-likeness (QED) is 0.715. The minimum Gasteiger partial charge on any atom is -0.354 e. The van der Waals surface area contributed by atoms with E-state index in [9.17, 15) is 4.79 Å². The Kier molecular flexibility index (Phi) is 1.90. The minimum absolute atomic E-state index is 0.260. The molecule has 2 aromatic rings. The van der Waals surface area contributed by atoms with E-state index in [-0.39, 0.29) is 11.6 Å². The van der Waals surface area contributed by atoms with Gasteiger partial charge in [0.15, 0.2) is 5.69 Å². The van der Waals surface area contributed by atoms with E-state index in [1.165, 1.54) is 11.3 Å². The zero-order chi connectivity index (χ0) is 9.26. The molecule has 0 saturated carbocycles. The maximum absolute atomic E-state index is 11.3. The number of amides is 1. The van der Waals surface area contributed by atoms with Crippen LogP contribution in [0.2, 0.25) is 0 Å². The van der Waals surface area contributed by atoms with Crippen molar-refractivity contribution >= 4 is 27.5 Å². The average Bonchev–Trinajstić information content (AvgIpc) is 2.63.